The van der Waals surface area contributed by atoms with E-state index in [9.17, 15) is 9.59 Å². The maximum Gasteiger partial charge on any atom is 0.253 e. The van der Waals surface area contributed by atoms with Gasteiger partial charge in [0.05, 0.1) is 10.6 Å². The van der Waals surface area contributed by atoms with Crippen molar-refractivity contribution in [3.8, 4) is 0 Å². The van der Waals surface area contributed by atoms with Crippen molar-refractivity contribution < 1.29 is 9.59 Å². The van der Waals surface area contributed by atoms with E-state index in [1.54, 1.807) is 11.8 Å². The molecule has 1 unspecified atom stereocenters. The molecule has 1 aromatic rings. The molecule has 5 nitrogen and oxygen atoms in total. The third-order valence-corrected chi connectivity index (χ3v) is 3.54. The van der Waals surface area contributed by atoms with Gasteiger partial charge < -0.3 is 10.2 Å². The van der Waals surface area contributed by atoms with Crippen LogP contribution in [0, 0.1) is 0 Å². The van der Waals surface area contributed by atoms with Crippen molar-refractivity contribution in [1.29, 1.82) is 0 Å². The van der Waals surface area contributed by atoms with Gasteiger partial charge in [-0.1, -0.05) is 23.2 Å². The molecule has 0 aromatic carbocycles. The first kappa shape index (κ1) is 16.7. The zero-order valence-electron chi connectivity index (χ0n) is 11.6. The van der Waals surface area contributed by atoms with Crippen LogP contribution in [0.5, 0.6) is 0 Å². The first-order chi connectivity index (χ1) is 9.40. The van der Waals surface area contributed by atoms with Crippen LogP contribution < -0.4 is 5.32 Å². The number of hydrogen-bond acceptors (Lipinski definition) is 3. The Labute approximate surface area is 128 Å². The summed E-state index contributed by atoms with van der Waals surface area (Å²) in [5, 5.41) is 2.95. The van der Waals surface area contributed by atoms with Gasteiger partial charge in [-0.3, -0.25) is 9.59 Å². The van der Waals surface area contributed by atoms with Gasteiger partial charge in [0, 0.05) is 19.3 Å². The van der Waals surface area contributed by atoms with Crippen molar-refractivity contribution in [2.24, 2.45) is 0 Å². The van der Waals surface area contributed by atoms with E-state index >= 15 is 0 Å². The van der Waals surface area contributed by atoms with Gasteiger partial charge in [0.2, 0.25) is 5.91 Å². The molecule has 0 aliphatic carbocycles. The molecular formula is C13H17Cl2N3O2. The normalized spacial score (nSPS) is 11.8. The largest absolute Gasteiger partial charge is 0.341 e. The summed E-state index contributed by atoms with van der Waals surface area (Å²) >= 11 is 11.5. The molecule has 1 heterocycles. The molecule has 0 bridgehead atoms. The van der Waals surface area contributed by atoms with Crippen molar-refractivity contribution in [3.63, 3.8) is 0 Å². The van der Waals surface area contributed by atoms with Crippen LogP contribution in [0.2, 0.25) is 10.2 Å². The number of hydrogen-bond donors (Lipinski definition) is 1. The zero-order chi connectivity index (χ0) is 15.3. The quantitative estimate of drug-likeness (QED) is 0.848. The van der Waals surface area contributed by atoms with E-state index in [4.69, 9.17) is 23.2 Å². The minimum absolute atomic E-state index is 0.128. The standard InChI is InChI=1S/C13H17Cl2N3O2/c1-4-18(5-2)13(20)8(3)17-12(19)9-6-10(14)11(15)16-7-9/h6-8H,4-5H2,1-3H3,(H,17,19). The number of nitrogens with one attached hydrogen (secondary N) is 1. The average Bonchev–Trinajstić information content (AvgIpc) is 2.42. The number of halogens is 2. The van der Waals surface area contributed by atoms with E-state index < -0.39 is 11.9 Å². The topological polar surface area (TPSA) is 62.3 Å². The lowest BCUT2D eigenvalue weighted by atomic mass is 10.2. The summed E-state index contributed by atoms with van der Waals surface area (Å²) in [6, 6.07) is 0.803. The highest BCUT2D eigenvalue weighted by Crippen LogP contribution is 2.19. The van der Waals surface area contributed by atoms with Gasteiger partial charge in [-0.15, -0.1) is 0 Å². The molecule has 0 fully saturated rings. The lowest BCUT2D eigenvalue weighted by Crippen LogP contribution is -2.46. The molecule has 1 N–H and O–H groups in total. The van der Waals surface area contributed by atoms with Gasteiger partial charge in [-0.25, -0.2) is 4.98 Å². The van der Waals surface area contributed by atoms with Crippen LogP contribution in [0.25, 0.3) is 0 Å². The van der Waals surface area contributed by atoms with E-state index in [1.165, 1.54) is 12.3 Å². The number of pyridine rings is 1. The fourth-order valence-corrected chi connectivity index (χ4v) is 1.97. The predicted molar refractivity (Wildman–Crippen MR) is 79.1 cm³/mol. The second-order valence-electron chi connectivity index (χ2n) is 4.20. The summed E-state index contributed by atoms with van der Waals surface area (Å²) in [5.41, 5.74) is 0.263. The molecule has 0 saturated heterocycles. The number of carbonyl (C=O) groups is 2. The van der Waals surface area contributed by atoms with Gasteiger partial charge in [0.25, 0.3) is 5.91 Å². The Bertz CT molecular complexity index is 504. The fraction of sp³-hybridized carbons (Fsp3) is 0.462. The fourth-order valence-electron chi connectivity index (χ4n) is 1.70. The highest BCUT2D eigenvalue weighted by Gasteiger charge is 2.21. The molecule has 110 valence electrons. The van der Waals surface area contributed by atoms with Crippen molar-refractivity contribution in [2.45, 2.75) is 26.8 Å². The third-order valence-electron chi connectivity index (χ3n) is 2.85. The third kappa shape index (κ3) is 4.08. The number of nitrogens with zero attached hydrogens (tertiary/aromatic N) is 2. The molecule has 1 rings (SSSR count). The summed E-state index contributed by atoms with van der Waals surface area (Å²) in [7, 11) is 0. The van der Waals surface area contributed by atoms with E-state index in [1.807, 2.05) is 13.8 Å². The monoisotopic (exact) mass is 317 g/mol. The van der Waals surface area contributed by atoms with Crippen LogP contribution in [0.1, 0.15) is 31.1 Å². The molecule has 0 radical (unpaired) electrons. The molecule has 7 heteroatoms. The van der Waals surface area contributed by atoms with E-state index in [0.717, 1.165) is 0 Å². The molecule has 1 aromatic heterocycles. The Hall–Kier alpha value is -1.33. The van der Waals surface area contributed by atoms with Crippen LogP contribution in [0.4, 0.5) is 0 Å². The maximum absolute atomic E-state index is 12.0. The molecule has 0 aliphatic rings. The summed E-state index contributed by atoms with van der Waals surface area (Å²) < 4.78 is 0. The Morgan fingerprint density at radius 1 is 1.35 bits per heavy atom. The van der Waals surface area contributed by atoms with E-state index in [2.05, 4.69) is 10.3 Å². The van der Waals surface area contributed by atoms with Crippen molar-refractivity contribution >= 4 is 35.0 Å². The minimum atomic E-state index is -0.614. The van der Waals surface area contributed by atoms with Gasteiger partial charge in [-0.2, -0.15) is 0 Å². The highest BCUT2D eigenvalue weighted by atomic mass is 35.5. The SMILES string of the molecule is CCN(CC)C(=O)C(C)NC(=O)c1cnc(Cl)c(Cl)c1. The van der Waals surface area contributed by atoms with Gasteiger partial charge in [0.15, 0.2) is 0 Å². The molecule has 0 aliphatic heterocycles. The van der Waals surface area contributed by atoms with Crippen LogP contribution >= 0.6 is 23.2 Å². The minimum Gasteiger partial charge on any atom is -0.341 e. The second kappa shape index (κ2) is 7.45. The van der Waals surface area contributed by atoms with Crippen LogP contribution in [-0.2, 0) is 4.79 Å². The molecule has 0 spiro atoms. The van der Waals surface area contributed by atoms with Crippen LogP contribution in [0.15, 0.2) is 12.3 Å². The van der Waals surface area contributed by atoms with Gasteiger partial charge in [-0.05, 0) is 26.8 Å². The van der Waals surface area contributed by atoms with Crippen molar-refractivity contribution in [1.82, 2.24) is 15.2 Å². The first-order valence-corrected chi connectivity index (χ1v) is 7.06. The number of rotatable bonds is 5. The summed E-state index contributed by atoms with van der Waals surface area (Å²) in [6.07, 6.45) is 1.32. The zero-order valence-corrected chi connectivity index (χ0v) is 13.1. The van der Waals surface area contributed by atoms with E-state index in [0.29, 0.717) is 13.1 Å². The Kier molecular flexibility index (Phi) is 6.23. The van der Waals surface area contributed by atoms with Crippen LogP contribution in [0.3, 0.4) is 0 Å². The van der Waals surface area contributed by atoms with Crippen molar-refractivity contribution in [2.75, 3.05) is 13.1 Å². The number of aromatic nitrogens is 1. The van der Waals surface area contributed by atoms with Crippen molar-refractivity contribution in [3.05, 3.63) is 28.0 Å². The summed E-state index contributed by atoms with van der Waals surface area (Å²) in [5.74, 6) is -0.541. The molecule has 2 amide bonds. The second-order valence-corrected chi connectivity index (χ2v) is 4.97. The smallest absolute Gasteiger partial charge is 0.253 e. The van der Waals surface area contributed by atoms with E-state index in [-0.39, 0.29) is 21.6 Å². The molecule has 20 heavy (non-hydrogen) atoms. The average molecular weight is 318 g/mol. The first-order valence-electron chi connectivity index (χ1n) is 6.31. The Balaban J connectivity index is 2.74. The molecular weight excluding hydrogens is 301 g/mol. The van der Waals surface area contributed by atoms with Gasteiger partial charge >= 0.3 is 0 Å². The lowest BCUT2D eigenvalue weighted by Gasteiger charge is -2.23. The predicted octanol–water partition coefficient (Wildman–Crippen LogP) is 2.38. The number of carbonyl (C=O) groups excluding carboxylic acids is 2. The van der Waals surface area contributed by atoms with Gasteiger partial charge in [0.1, 0.15) is 11.2 Å². The maximum atomic E-state index is 12.0. The lowest BCUT2D eigenvalue weighted by molar-refractivity contribution is -0.132. The summed E-state index contributed by atoms with van der Waals surface area (Å²) in [4.78, 5) is 29.5. The summed E-state index contributed by atoms with van der Waals surface area (Å²) in [6.45, 7) is 6.62. The van der Waals surface area contributed by atoms with Crippen LogP contribution in [-0.4, -0.2) is 40.8 Å². The Morgan fingerprint density at radius 2 is 1.95 bits per heavy atom. The molecule has 1 atom stereocenters. The number of likely N-dealkylation sites (N-methyl/N-ethyl adjacent to an activating group) is 1. The highest BCUT2D eigenvalue weighted by molar-refractivity contribution is 6.41. The molecule has 0 saturated carbocycles. The Morgan fingerprint density at radius 3 is 2.45 bits per heavy atom. The number of amides is 2.